The van der Waals surface area contributed by atoms with Gasteiger partial charge in [-0.3, -0.25) is 9.59 Å². The van der Waals surface area contributed by atoms with Gasteiger partial charge in [0, 0.05) is 16.7 Å². The number of thioether (sulfide) groups is 1. The van der Waals surface area contributed by atoms with Gasteiger partial charge < -0.3 is 14.6 Å². The second kappa shape index (κ2) is 8.10. The van der Waals surface area contributed by atoms with Crippen molar-refractivity contribution in [1.29, 1.82) is 0 Å². The first kappa shape index (κ1) is 25.1. The normalized spacial score (nSPS) is 42.8. The van der Waals surface area contributed by atoms with Gasteiger partial charge in [-0.1, -0.05) is 37.6 Å². The molecule has 1 aliphatic heterocycles. The molecule has 2 aromatic rings. The van der Waals surface area contributed by atoms with Gasteiger partial charge in [-0.05, 0) is 87.4 Å². The summed E-state index contributed by atoms with van der Waals surface area (Å²) in [4.78, 5) is 31.3. The quantitative estimate of drug-likeness (QED) is 0.480. The first-order valence-electron chi connectivity index (χ1n) is 13.5. The van der Waals surface area contributed by atoms with Crippen LogP contribution < -0.4 is 0 Å². The average molecular weight is 552 g/mol. The molecule has 200 valence electrons. The first-order valence-corrected chi connectivity index (χ1v) is 15.2. The standard InChI is InChI=1S/C30H33NO5S2/c1-27(2)35-23-14-19-18-10-9-16-13-17(32)11-12-28(16,3)24(18)21(33)15-29(19,4)30(23,36-27)25(34)38-26-31-20-7-5-6-8-22(20)37-26/h5-8,11-13,18-19,21,23-24,33H,9-10,14-15H2,1-4H3/t18?,19?,21-,23+,24?,28?,29?,30-/m0/s1. The summed E-state index contributed by atoms with van der Waals surface area (Å²) in [5.74, 6) is -0.531. The van der Waals surface area contributed by atoms with Crippen molar-refractivity contribution in [1.82, 2.24) is 4.98 Å². The summed E-state index contributed by atoms with van der Waals surface area (Å²) in [6.07, 6.45) is 7.31. The van der Waals surface area contributed by atoms with E-state index >= 15 is 0 Å². The number of hydrogen-bond acceptors (Lipinski definition) is 8. The Labute approximate surface area is 230 Å². The Bertz CT molecular complexity index is 1400. The molecular formula is C30H33NO5S2. The highest BCUT2D eigenvalue weighted by molar-refractivity contribution is 8.15. The Balaban J connectivity index is 1.28. The smallest absolute Gasteiger partial charge is 0.231 e. The van der Waals surface area contributed by atoms with E-state index < -0.39 is 22.9 Å². The molecular weight excluding hydrogens is 518 g/mol. The zero-order chi connectivity index (χ0) is 26.7. The molecule has 2 heterocycles. The number of ether oxygens (including phenoxy) is 2. The van der Waals surface area contributed by atoms with Gasteiger partial charge in [0.15, 0.2) is 21.5 Å². The molecule has 1 saturated heterocycles. The number of aromatic nitrogens is 1. The molecule has 1 aromatic carbocycles. The molecule has 5 aliphatic rings. The highest BCUT2D eigenvalue weighted by Gasteiger charge is 2.77. The second-order valence-corrected chi connectivity index (χ2v) is 14.9. The van der Waals surface area contributed by atoms with Crippen molar-refractivity contribution in [3.8, 4) is 0 Å². The van der Waals surface area contributed by atoms with E-state index in [0.29, 0.717) is 10.8 Å². The number of carbonyl (C=O) groups is 2. The number of allylic oxidation sites excluding steroid dienone is 4. The van der Waals surface area contributed by atoms with Crippen molar-refractivity contribution in [2.75, 3.05) is 0 Å². The molecule has 5 unspecified atom stereocenters. The van der Waals surface area contributed by atoms with E-state index in [9.17, 15) is 14.7 Å². The molecule has 4 fully saturated rings. The lowest BCUT2D eigenvalue weighted by Gasteiger charge is -2.59. The third kappa shape index (κ3) is 3.27. The van der Waals surface area contributed by atoms with Gasteiger partial charge in [-0.25, -0.2) is 4.98 Å². The number of aliphatic hydroxyl groups excluding tert-OH is 1. The number of carbonyl (C=O) groups excluding carboxylic acids is 2. The molecule has 8 atom stereocenters. The summed E-state index contributed by atoms with van der Waals surface area (Å²) in [7, 11) is 0. The molecule has 4 aliphatic carbocycles. The maximum Gasteiger partial charge on any atom is 0.231 e. The largest absolute Gasteiger partial charge is 0.393 e. The third-order valence-corrected chi connectivity index (χ3v) is 12.3. The minimum absolute atomic E-state index is 0.0131. The summed E-state index contributed by atoms with van der Waals surface area (Å²) < 4.78 is 15.0. The van der Waals surface area contributed by atoms with Gasteiger partial charge in [0.1, 0.15) is 0 Å². The number of hydrogen-bond donors (Lipinski definition) is 1. The van der Waals surface area contributed by atoms with E-state index in [1.165, 1.54) is 11.3 Å². The van der Waals surface area contributed by atoms with Crippen LogP contribution in [0.25, 0.3) is 10.2 Å². The minimum Gasteiger partial charge on any atom is -0.393 e. The van der Waals surface area contributed by atoms with Crippen LogP contribution in [-0.2, 0) is 19.1 Å². The summed E-state index contributed by atoms with van der Waals surface area (Å²) in [6, 6.07) is 7.91. The van der Waals surface area contributed by atoms with Gasteiger partial charge in [0.25, 0.3) is 0 Å². The number of aliphatic hydroxyl groups is 1. The molecule has 0 bridgehead atoms. The second-order valence-electron chi connectivity index (χ2n) is 12.6. The molecule has 6 nitrogen and oxygen atoms in total. The van der Waals surface area contributed by atoms with Crippen molar-refractivity contribution in [3.05, 3.63) is 48.1 Å². The van der Waals surface area contributed by atoms with E-state index in [-0.39, 0.29) is 40.2 Å². The minimum atomic E-state index is -1.18. The molecule has 0 radical (unpaired) electrons. The molecule has 8 heteroatoms. The van der Waals surface area contributed by atoms with Gasteiger partial charge in [-0.15, -0.1) is 11.3 Å². The van der Waals surface area contributed by atoms with E-state index in [2.05, 4.69) is 13.8 Å². The van der Waals surface area contributed by atoms with Gasteiger partial charge in [-0.2, -0.15) is 0 Å². The fourth-order valence-electron chi connectivity index (χ4n) is 8.82. The fourth-order valence-corrected chi connectivity index (χ4v) is 11.0. The summed E-state index contributed by atoms with van der Waals surface area (Å²) in [5.41, 5.74) is -0.124. The van der Waals surface area contributed by atoms with Crippen LogP contribution in [-0.4, -0.2) is 44.6 Å². The SMILES string of the molecule is CC1(C)O[C@@H]2CC3C4CCC5=CC(=O)C=CC5(C)C4[C@@H](O)CC3(C)[C@]2(C(=O)Sc2nc3ccccc3s2)O1. The molecule has 3 saturated carbocycles. The number of thiazole rings is 1. The molecule has 0 spiro atoms. The van der Waals surface area contributed by atoms with Crippen LogP contribution in [0, 0.1) is 28.6 Å². The van der Waals surface area contributed by atoms with Gasteiger partial charge >= 0.3 is 0 Å². The Morgan fingerprint density at radius 3 is 2.79 bits per heavy atom. The van der Waals surface area contributed by atoms with Crippen LogP contribution in [0.4, 0.5) is 0 Å². The number of benzene rings is 1. The Morgan fingerprint density at radius 2 is 2.00 bits per heavy atom. The predicted octanol–water partition coefficient (Wildman–Crippen LogP) is 5.69. The summed E-state index contributed by atoms with van der Waals surface area (Å²) in [5, 5.41) is 11.8. The average Bonchev–Trinajstić information content (AvgIpc) is 3.45. The van der Waals surface area contributed by atoms with Crippen molar-refractivity contribution >= 4 is 44.2 Å². The lowest BCUT2D eigenvalue weighted by Crippen LogP contribution is -2.63. The Kier molecular flexibility index (Phi) is 5.36. The van der Waals surface area contributed by atoms with E-state index in [1.807, 2.05) is 44.2 Å². The van der Waals surface area contributed by atoms with Crippen LogP contribution in [0.3, 0.4) is 0 Å². The molecule has 38 heavy (non-hydrogen) atoms. The highest BCUT2D eigenvalue weighted by atomic mass is 32.2. The van der Waals surface area contributed by atoms with Crippen LogP contribution >= 0.6 is 23.1 Å². The van der Waals surface area contributed by atoms with Crippen LogP contribution in [0.15, 0.2) is 52.4 Å². The number of ketones is 1. The number of nitrogens with zero attached hydrogens (tertiary/aromatic N) is 1. The lowest BCUT2D eigenvalue weighted by atomic mass is 9.46. The summed E-state index contributed by atoms with van der Waals surface area (Å²) in [6.45, 7) is 8.07. The maximum atomic E-state index is 14.4. The first-order chi connectivity index (χ1) is 18.0. The zero-order valence-electron chi connectivity index (χ0n) is 22.1. The van der Waals surface area contributed by atoms with E-state index in [1.54, 1.807) is 12.2 Å². The Hall–Kier alpha value is -1.84. The molecule has 7 rings (SSSR count). The predicted molar refractivity (Wildman–Crippen MR) is 147 cm³/mol. The number of rotatable bonds is 2. The van der Waals surface area contributed by atoms with Crippen molar-refractivity contribution in [2.24, 2.45) is 28.6 Å². The van der Waals surface area contributed by atoms with Crippen molar-refractivity contribution in [3.63, 3.8) is 0 Å². The highest BCUT2D eigenvalue weighted by Crippen LogP contribution is 2.71. The molecule has 1 aromatic heterocycles. The molecule has 1 N–H and O–H groups in total. The molecule has 0 amide bonds. The Morgan fingerprint density at radius 1 is 1.21 bits per heavy atom. The topological polar surface area (TPSA) is 85.7 Å². The number of para-hydroxylation sites is 1. The fraction of sp³-hybridized carbons (Fsp3) is 0.567. The maximum absolute atomic E-state index is 14.4. The zero-order valence-corrected chi connectivity index (χ0v) is 23.7. The van der Waals surface area contributed by atoms with E-state index in [4.69, 9.17) is 14.5 Å². The van der Waals surface area contributed by atoms with Crippen molar-refractivity contribution < 1.29 is 24.2 Å². The lowest BCUT2D eigenvalue weighted by molar-refractivity contribution is -0.221. The van der Waals surface area contributed by atoms with Crippen LogP contribution in [0.1, 0.15) is 53.4 Å². The van der Waals surface area contributed by atoms with Crippen LogP contribution in [0.5, 0.6) is 0 Å². The monoisotopic (exact) mass is 551 g/mol. The van der Waals surface area contributed by atoms with Crippen molar-refractivity contribution in [2.45, 2.75) is 81.3 Å². The number of fused-ring (bicyclic) bond motifs is 8. The third-order valence-electron chi connectivity index (χ3n) is 10.2. The van der Waals surface area contributed by atoms with E-state index in [0.717, 1.165) is 46.8 Å². The van der Waals surface area contributed by atoms with Gasteiger partial charge in [0.05, 0.1) is 22.4 Å². The summed E-state index contributed by atoms with van der Waals surface area (Å²) >= 11 is 2.68. The van der Waals surface area contributed by atoms with Gasteiger partial charge in [0.2, 0.25) is 5.12 Å². The van der Waals surface area contributed by atoms with Crippen LogP contribution in [0.2, 0.25) is 0 Å².